The molecule has 6 nitrogen and oxygen atoms in total. The smallest absolute Gasteiger partial charge is 0.267 e. The fraction of sp³-hybridized carbons (Fsp3) is 0.912. The number of aliphatic hydroxyl groups is 1. The van der Waals surface area contributed by atoms with Crippen molar-refractivity contribution in [3.63, 3.8) is 0 Å². The van der Waals surface area contributed by atoms with Gasteiger partial charge in [-0.2, -0.15) is 8.42 Å². The van der Waals surface area contributed by atoms with E-state index in [0.717, 1.165) is 38.5 Å². The fourth-order valence-electron chi connectivity index (χ4n) is 5.33. The number of carbonyl (C=O) groups excluding carboxylic acids is 1. The third-order valence-electron chi connectivity index (χ3n) is 7.96. The number of allylic oxidation sites excluding steroid dienone is 1. The summed E-state index contributed by atoms with van der Waals surface area (Å²) in [5.74, 6) is -0.976. The Morgan fingerprint density at radius 2 is 1.00 bits per heavy atom. The number of amides is 1. The topological polar surface area (TPSA) is 104 Å². The molecule has 244 valence electrons. The van der Waals surface area contributed by atoms with Crippen LogP contribution in [0, 0.1) is 0 Å². The van der Waals surface area contributed by atoms with Gasteiger partial charge in [-0.1, -0.05) is 167 Å². The molecule has 0 aromatic rings. The molecule has 0 spiro atoms. The zero-order valence-corrected chi connectivity index (χ0v) is 27.7. The van der Waals surface area contributed by atoms with Crippen molar-refractivity contribution in [2.75, 3.05) is 5.75 Å². The number of rotatable bonds is 31. The molecule has 2 unspecified atom stereocenters. The Morgan fingerprint density at radius 3 is 1.39 bits per heavy atom. The molecule has 0 bridgehead atoms. The molecule has 0 heterocycles. The molecule has 0 aliphatic carbocycles. The monoisotopic (exact) mass is 601 g/mol. The molecule has 0 aliphatic rings. The van der Waals surface area contributed by atoms with Crippen LogP contribution in [0.5, 0.6) is 0 Å². The number of aliphatic hydroxyl groups excluding tert-OH is 1. The lowest BCUT2D eigenvalue weighted by atomic mass is 10.0. The van der Waals surface area contributed by atoms with E-state index in [-0.39, 0.29) is 5.91 Å². The molecule has 41 heavy (non-hydrogen) atoms. The standard InChI is InChI=1S/C34H67NO5S/c1-3-5-7-9-11-13-14-15-16-17-18-19-20-21-22-23-25-27-29-33(36)32(31-41(38,39)40)35-34(37)30-28-26-24-12-10-8-6-4-2/h27,29,32-33,36H,3-26,28,30-31H2,1-2H3,(H,35,37)(H,38,39,40)/b29-27+. The maximum Gasteiger partial charge on any atom is 0.267 e. The summed E-state index contributed by atoms with van der Waals surface area (Å²) in [6.45, 7) is 4.46. The van der Waals surface area contributed by atoms with Gasteiger partial charge in [-0.3, -0.25) is 9.35 Å². The second-order valence-electron chi connectivity index (χ2n) is 12.2. The third kappa shape index (κ3) is 30.3. The Hall–Kier alpha value is -0.920. The van der Waals surface area contributed by atoms with Crippen molar-refractivity contribution in [1.82, 2.24) is 5.32 Å². The molecule has 0 aromatic heterocycles. The van der Waals surface area contributed by atoms with E-state index in [4.69, 9.17) is 0 Å². The first-order chi connectivity index (χ1) is 19.8. The van der Waals surface area contributed by atoms with Crippen molar-refractivity contribution < 1.29 is 22.9 Å². The van der Waals surface area contributed by atoms with Gasteiger partial charge in [0.05, 0.1) is 17.9 Å². The number of carbonyl (C=O) groups is 1. The minimum atomic E-state index is -4.33. The summed E-state index contributed by atoms with van der Waals surface area (Å²) in [7, 11) is -4.33. The highest BCUT2D eigenvalue weighted by molar-refractivity contribution is 7.85. The van der Waals surface area contributed by atoms with Gasteiger partial charge in [0.2, 0.25) is 5.91 Å². The van der Waals surface area contributed by atoms with Crippen LogP contribution in [0.1, 0.15) is 181 Å². The van der Waals surface area contributed by atoms with Crippen LogP contribution in [0.15, 0.2) is 12.2 Å². The molecule has 0 rings (SSSR count). The average molecular weight is 602 g/mol. The third-order valence-corrected chi connectivity index (χ3v) is 8.74. The predicted molar refractivity (Wildman–Crippen MR) is 175 cm³/mol. The number of nitrogens with one attached hydrogen (secondary N) is 1. The van der Waals surface area contributed by atoms with Crippen LogP contribution >= 0.6 is 0 Å². The van der Waals surface area contributed by atoms with Crippen molar-refractivity contribution in [1.29, 1.82) is 0 Å². The summed E-state index contributed by atoms with van der Waals surface area (Å²) in [5.41, 5.74) is 0. The SMILES string of the molecule is CCCCCCCCCCCCCCCCCC/C=C/C(O)C(CS(=O)(=O)O)NC(=O)CCCCCCCCCC. The van der Waals surface area contributed by atoms with E-state index in [2.05, 4.69) is 19.2 Å². The summed E-state index contributed by atoms with van der Waals surface area (Å²) in [6, 6.07) is -1.05. The van der Waals surface area contributed by atoms with Gasteiger partial charge in [0.1, 0.15) is 0 Å². The Balaban J connectivity index is 3.93. The zero-order valence-electron chi connectivity index (χ0n) is 26.9. The molecule has 0 radical (unpaired) electrons. The minimum Gasteiger partial charge on any atom is -0.387 e. The number of unbranched alkanes of at least 4 members (excludes halogenated alkanes) is 23. The maximum atomic E-state index is 12.3. The number of hydrogen-bond acceptors (Lipinski definition) is 4. The van der Waals surface area contributed by atoms with Crippen molar-refractivity contribution in [2.24, 2.45) is 0 Å². The van der Waals surface area contributed by atoms with E-state index in [1.807, 2.05) is 6.08 Å². The predicted octanol–water partition coefficient (Wildman–Crippen LogP) is 9.46. The van der Waals surface area contributed by atoms with E-state index in [1.165, 1.54) is 122 Å². The van der Waals surface area contributed by atoms with E-state index in [9.17, 15) is 22.9 Å². The Labute approximate surface area is 254 Å². The van der Waals surface area contributed by atoms with Gasteiger partial charge in [-0.05, 0) is 19.3 Å². The lowest BCUT2D eigenvalue weighted by molar-refractivity contribution is -0.122. The van der Waals surface area contributed by atoms with E-state index >= 15 is 0 Å². The van der Waals surface area contributed by atoms with E-state index in [0.29, 0.717) is 6.42 Å². The quantitative estimate of drug-likeness (QED) is 0.0417. The molecule has 1 amide bonds. The van der Waals surface area contributed by atoms with E-state index in [1.54, 1.807) is 6.08 Å². The van der Waals surface area contributed by atoms with Crippen LogP contribution in [0.4, 0.5) is 0 Å². The Kier molecular flexibility index (Phi) is 28.5. The first-order valence-electron chi connectivity index (χ1n) is 17.4. The summed E-state index contributed by atoms with van der Waals surface area (Å²) in [5, 5.41) is 13.1. The van der Waals surface area contributed by atoms with Crippen LogP contribution in [0.25, 0.3) is 0 Å². The van der Waals surface area contributed by atoms with Crippen LogP contribution < -0.4 is 5.32 Å². The Bertz CT molecular complexity index is 710. The minimum absolute atomic E-state index is 0.283. The first-order valence-corrected chi connectivity index (χ1v) is 19.0. The molecular formula is C34H67NO5S. The summed E-state index contributed by atoms with van der Waals surface area (Å²) in [6.07, 6.45) is 33.5. The molecule has 0 aromatic carbocycles. The van der Waals surface area contributed by atoms with Crippen molar-refractivity contribution >= 4 is 16.0 Å². The van der Waals surface area contributed by atoms with Crippen molar-refractivity contribution in [2.45, 2.75) is 193 Å². The van der Waals surface area contributed by atoms with Gasteiger partial charge >= 0.3 is 0 Å². The molecule has 3 N–H and O–H groups in total. The second-order valence-corrected chi connectivity index (χ2v) is 13.7. The molecular weight excluding hydrogens is 534 g/mol. The van der Waals surface area contributed by atoms with Crippen molar-refractivity contribution in [3.05, 3.63) is 12.2 Å². The first kappa shape index (κ1) is 40.1. The maximum absolute atomic E-state index is 12.3. The normalized spacial score (nSPS) is 13.6. The highest BCUT2D eigenvalue weighted by Gasteiger charge is 2.24. The Morgan fingerprint density at radius 1 is 0.634 bits per heavy atom. The van der Waals surface area contributed by atoms with Crippen molar-refractivity contribution in [3.8, 4) is 0 Å². The summed E-state index contributed by atoms with van der Waals surface area (Å²) < 4.78 is 32.2. The lowest BCUT2D eigenvalue weighted by Gasteiger charge is -2.21. The molecule has 0 saturated carbocycles. The van der Waals surface area contributed by atoms with Gasteiger partial charge in [-0.25, -0.2) is 0 Å². The highest BCUT2D eigenvalue weighted by atomic mass is 32.2. The lowest BCUT2D eigenvalue weighted by Crippen LogP contribution is -2.46. The van der Waals surface area contributed by atoms with Gasteiger partial charge in [0, 0.05) is 6.42 Å². The van der Waals surface area contributed by atoms with Gasteiger partial charge in [0.15, 0.2) is 0 Å². The zero-order chi connectivity index (χ0) is 30.4. The largest absolute Gasteiger partial charge is 0.387 e. The molecule has 0 fully saturated rings. The van der Waals surface area contributed by atoms with E-state index < -0.39 is 28.0 Å². The fourth-order valence-corrected chi connectivity index (χ4v) is 6.07. The van der Waals surface area contributed by atoms with Crippen LogP contribution in [-0.4, -0.2) is 41.9 Å². The summed E-state index contributed by atoms with van der Waals surface area (Å²) >= 11 is 0. The molecule has 0 aliphatic heterocycles. The summed E-state index contributed by atoms with van der Waals surface area (Å²) in [4.78, 5) is 12.3. The van der Waals surface area contributed by atoms with Crippen LogP contribution in [0.2, 0.25) is 0 Å². The molecule has 2 atom stereocenters. The molecule has 0 saturated heterocycles. The molecule has 7 heteroatoms. The van der Waals surface area contributed by atoms with Gasteiger partial charge < -0.3 is 10.4 Å². The average Bonchev–Trinajstić information content (AvgIpc) is 2.92. The second kappa shape index (κ2) is 29.2. The highest BCUT2D eigenvalue weighted by Crippen LogP contribution is 2.14. The number of hydrogen-bond donors (Lipinski definition) is 3. The van der Waals surface area contributed by atoms with Crippen LogP contribution in [0.3, 0.4) is 0 Å². The van der Waals surface area contributed by atoms with Crippen LogP contribution in [-0.2, 0) is 14.9 Å². The van der Waals surface area contributed by atoms with Gasteiger partial charge in [0.25, 0.3) is 10.1 Å². The van der Waals surface area contributed by atoms with Gasteiger partial charge in [-0.15, -0.1) is 0 Å².